The molecule has 0 aromatic heterocycles. The van der Waals surface area contributed by atoms with E-state index in [1.807, 2.05) is 60.7 Å². The molecule has 0 bridgehead atoms. The zero-order valence-corrected chi connectivity index (χ0v) is 20.6. The Morgan fingerprint density at radius 2 is 1.43 bits per heavy atom. The van der Waals surface area contributed by atoms with Crippen molar-refractivity contribution in [1.82, 2.24) is 10.2 Å². The molecule has 0 heterocycles. The molecule has 3 aromatic carbocycles. The lowest BCUT2D eigenvalue weighted by molar-refractivity contribution is -0.141. The van der Waals surface area contributed by atoms with Crippen LogP contribution >= 0.6 is 0 Å². The van der Waals surface area contributed by atoms with Gasteiger partial charge in [0.1, 0.15) is 11.9 Å². The molecule has 0 saturated heterocycles. The zero-order chi connectivity index (χ0) is 25.0. The highest BCUT2D eigenvalue weighted by Gasteiger charge is 2.30. The quantitative estimate of drug-likeness (QED) is 0.374. The van der Waals surface area contributed by atoms with Gasteiger partial charge in [-0.1, -0.05) is 86.6 Å². The molecule has 2 amide bonds. The molecule has 0 fully saturated rings. The zero-order valence-electron chi connectivity index (χ0n) is 20.6. The van der Waals surface area contributed by atoms with Crippen LogP contribution in [0.25, 0.3) is 0 Å². The van der Waals surface area contributed by atoms with Gasteiger partial charge in [0, 0.05) is 25.9 Å². The highest BCUT2D eigenvalue weighted by Crippen LogP contribution is 2.17. The first kappa shape index (κ1) is 26.1. The highest BCUT2D eigenvalue weighted by molar-refractivity contribution is 5.88. The number of nitrogens with one attached hydrogen (secondary N) is 1. The number of amides is 2. The van der Waals surface area contributed by atoms with Crippen LogP contribution in [-0.2, 0) is 29.0 Å². The molecule has 184 valence electrons. The fourth-order valence-electron chi connectivity index (χ4n) is 3.98. The van der Waals surface area contributed by atoms with Crippen molar-refractivity contribution in [3.05, 3.63) is 107 Å². The molecule has 4 nitrogen and oxygen atoms in total. The second kappa shape index (κ2) is 13.4. The third-order valence-corrected chi connectivity index (χ3v) is 6.03. The van der Waals surface area contributed by atoms with Crippen molar-refractivity contribution in [2.45, 2.75) is 52.1 Å². The molecule has 1 atom stereocenters. The average Bonchev–Trinajstić information content (AvgIpc) is 2.86. The standard InChI is InChI=1S/C30H35FN2O2/c1-23(2)19-20-32-30(35)28(21-25-11-7-4-8-12-25)33(22-26-13-16-27(31)17-14-26)29(34)18-15-24-9-5-3-6-10-24/h3-14,16-17,23,28H,15,18-22H2,1-2H3,(H,32,35)/t28-/m1/s1. The molecule has 3 aromatic rings. The van der Waals surface area contributed by atoms with Gasteiger partial charge in [0.05, 0.1) is 0 Å². The van der Waals surface area contributed by atoms with E-state index in [1.165, 1.54) is 12.1 Å². The van der Waals surface area contributed by atoms with Gasteiger partial charge >= 0.3 is 0 Å². The molecule has 0 aliphatic carbocycles. The average molecular weight is 475 g/mol. The predicted molar refractivity (Wildman–Crippen MR) is 138 cm³/mol. The van der Waals surface area contributed by atoms with Crippen LogP contribution in [0.3, 0.4) is 0 Å². The van der Waals surface area contributed by atoms with Crippen molar-refractivity contribution < 1.29 is 14.0 Å². The van der Waals surface area contributed by atoms with E-state index < -0.39 is 6.04 Å². The fourth-order valence-corrected chi connectivity index (χ4v) is 3.98. The normalized spacial score (nSPS) is 11.8. The Hall–Kier alpha value is -3.47. The lowest BCUT2D eigenvalue weighted by Crippen LogP contribution is -2.50. The van der Waals surface area contributed by atoms with Gasteiger partial charge in [0.2, 0.25) is 11.8 Å². The molecule has 0 saturated carbocycles. The number of nitrogens with zero attached hydrogens (tertiary/aromatic N) is 1. The molecule has 5 heteroatoms. The monoisotopic (exact) mass is 474 g/mol. The van der Waals surface area contributed by atoms with Gasteiger partial charge in [-0.3, -0.25) is 9.59 Å². The first-order valence-corrected chi connectivity index (χ1v) is 12.3. The number of aryl methyl sites for hydroxylation is 1. The first-order chi connectivity index (χ1) is 16.9. The minimum atomic E-state index is -0.669. The van der Waals surface area contributed by atoms with E-state index in [1.54, 1.807) is 17.0 Å². The summed E-state index contributed by atoms with van der Waals surface area (Å²) >= 11 is 0. The fraction of sp³-hybridized carbons (Fsp3) is 0.333. The number of rotatable bonds is 12. The minimum Gasteiger partial charge on any atom is -0.354 e. The number of carbonyl (C=O) groups is 2. The molecule has 0 radical (unpaired) electrons. The summed E-state index contributed by atoms with van der Waals surface area (Å²) in [5.41, 5.74) is 2.84. The van der Waals surface area contributed by atoms with Crippen molar-refractivity contribution in [3.63, 3.8) is 0 Å². The Morgan fingerprint density at radius 1 is 0.829 bits per heavy atom. The van der Waals surface area contributed by atoms with Gasteiger partial charge in [0.25, 0.3) is 0 Å². The first-order valence-electron chi connectivity index (χ1n) is 12.3. The van der Waals surface area contributed by atoms with Crippen LogP contribution in [0.4, 0.5) is 4.39 Å². The van der Waals surface area contributed by atoms with Crippen molar-refractivity contribution >= 4 is 11.8 Å². The number of halogens is 1. The highest BCUT2D eigenvalue weighted by atomic mass is 19.1. The van der Waals surface area contributed by atoms with Crippen LogP contribution < -0.4 is 5.32 Å². The third kappa shape index (κ3) is 8.67. The second-order valence-corrected chi connectivity index (χ2v) is 9.31. The van der Waals surface area contributed by atoms with Gasteiger partial charge < -0.3 is 10.2 Å². The molecule has 0 aliphatic rings. The Kier molecular flexibility index (Phi) is 10.0. The van der Waals surface area contributed by atoms with Crippen LogP contribution in [-0.4, -0.2) is 29.3 Å². The summed E-state index contributed by atoms with van der Waals surface area (Å²) in [6, 6.07) is 25.0. The third-order valence-electron chi connectivity index (χ3n) is 6.03. The van der Waals surface area contributed by atoms with Crippen LogP contribution in [0.1, 0.15) is 43.4 Å². The van der Waals surface area contributed by atoms with Crippen molar-refractivity contribution in [1.29, 1.82) is 0 Å². The summed E-state index contributed by atoms with van der Waals surface area (Å²) < 4.78 is 13.5. The summed E-state index contributed by atoms with van der Waals surface area (Å²) in [6.45, 7) is 5.02. The maximum atomic E-state index is 13.6. The van der Waals surface area contributed by atoms with Crippen molar-refractivity contribution in [2.75, 3.05) is 6.54 Å². The second-order valence-electron chi connectivity index (χ2n) is 9.31. The molecule has 35 heavy (non-hydrogen) atoms. The van der Waals surface area contributed by atoms with Gasteiger partial charge in [0.15, 0.2) is 0 Å². The Bertz CT molecular complexity index is 1050. The van der Waals surface area contributed by atoms with E-state index in [9.17, 15) is 14.0 Å². The molecule has 0 aliphatic heterocycles. The van der Waals surface area contributed by atoms with Gasteiger partial charge in [-0.25, -0.2) is 4.39 Å². The number of hydrogen-bond acceptors (Lipinski definition) is 2. The maximum absolute atomic E-state index is 13.6. The Labute approximate surface area is 208 Å². The van der Waals surface area contributed by atoms with Gasteiger partial charge in [-0.15, -0.1) is 0 Å². The summed E-state index contributed by atoms with van der Waals surface area (Å²) in [4.78, 5) is 28.7. The van der Waals surface area contributed by atoms with Crippen LogP contribution in [0.5, 0.6) is 0 Å². The Morgan fingerprint density at radius 3 is 2.03 bits per heavy atom. The lowest BCUT2D eigenvalue weighted by Gasteiger charge is -2.32. The van der Waals surface area contributed by atoms with E-state index in [-0.39, 0.29) is 30.6 Å². The van der Waals surface area contributed by atoms with E-state index in [4.69, 9.17) is 0 Å². The van der Waals surface area contributed by atoms with Gasteiger partial charge in [-0.2, -0.15) is 0 Å². The number of benzene rings is 3. The van der Waals surface area contributed by atoms with Crippen molar-refractivity contribution in [3.8, 4) is 0 Å². The molecular weight excluding hydrogens is 439 g/mol. The van der Waals surface area contributed by atoms with E-state index in [2.05, 4.69) is 19.2 Å². The summed E-state index contributed by atoms with van der Waals surface area (Å²) in [5.74, 6) is -0.128. The topological polar surface area (TPSA) is 49.4 Å². The molecule has 3 rings (SSSR count). The van der Waals surface area contributed by atoms with E-state index >= 15 is 0 Å². The van der Waals surface area contributed by atoms with Crippen LogP contribution in [0.2, 0.25) is 0 Å². The maximum Gasteiger partial charge on any atom is 0.243 e. The Balaban J connectivity index is 1.86. The largest absolute Gasteiger partial charge is 0.354 e. The number of carbonyl (C=O) groups excluding carboxylic acids is 2. The van der Waals surface area contributed by atoms with E-state index in [0.717, 1.165) is 23.1 Å². The van der Waals surface area contributed by atoms with Gasteiger partial charge in [-0.05, 0) is 47.6 Å². The SMILES string of the molecule is CC(C)CCNC(=O)[C@@H](Cc1ccccc1)N(Cc1ccc(F)cc1)C(=O)CCc1ccccc1. The molecule has 1 N–H and O–H groups in total. The summed E-state index contributed by atoms with van der Waals surface area (Å²) in [7, 11) is 0. The lowest BCUT2D eigenvalue weighted by atomic mass is 10.0. The predicted octanol–water partition coefficient (Wildman–Crippen LogP) is 5.56. The number of hydrogen-bond donors (Lipinski definition) is 1. The molecular formula is C30H35FN2O2. The molecule has 0 unspecified atom stereocenters. The van der Waals surface area contributed by atoms with Crippen LogP contribution in [0.15, 0.2) is 84.9 Å². The minimum absolute atomic E-state index is 0.0990. The summed E-state index contributed by atoms with van der Waals surface area (Å²) in [5, 5.41) is 3.05. The van der Waals surface area contributed by atoms with Crippen LogP contribution in [0, 0.1) is 11.7 Å². The molecule has 0 spiro atoms. The van der Waals surface area contributed by atoms with Crippen molar-refractivity contribution in [2.24, 2.45) is 5.92 Å². The van der Waals surface area contributed by atoms with E-state index in [0.29, 0.717) is 25.3 Å². The smallest absolute Gasteiger partial charge is 0.243 e. The summed E-state index contributed by atoms with van der Waals surface area (Å²) in [6.07, 6.45) is 2.15.